The number of carbonyl (C=O) groups excluding carboxylic acids is 2. The van der Waals surface area contributed by atoms with Gasteiger partial charge in [-0.15, -0.1) is 5.10 Å². The maximum atomic E-state index is 11.4. The summed E-state index contributed by atoms with van der Waals surface area (Å²) in [5.41, 5.74) is 1.05. The van der Waals surface area contributed by atoms with E-state index in [0.717, 1.165) is 43.2 Å². The number of aliphatic carboxylic acids is 1. The molecular formula is C11H14N3O3S-. The summed E-state index contributed by atoms with van der Waals surface area (Å²) in [6.07, 6.45) is 5.11. The van der Waals surface area contributed by atoms with Crippen LogP contribution < -0.4 is 10.4 Å². The van der Waals surface area contributed by atoms with Crippen LogP contribution in [0.25, 0.3) is 0 Å². The summed E-state index contributed by atoms with van der Waals surface area (Å²) in [4.78, 5) is 21.9. The summed E-state index contributed by atoms with van der Waals surface area (Å²) in [7, 11) is 0. The minimum atomic E-state index is -1.23. The van der Waals surface area contributed by atoms with Crippen LogP contribution in [0.1, 0.15) is 38.5 Å². The fourth-order valence-electron chi connectivity index (χ4n) is 1.91. The van der Waals surface area contributed by atoms with Crippen LogP contribution in [0, 0.1) is 0 Å². The molecule has 0 radical (unpaired) electrons. The smallest absolute Gasteiger partial charge is 0.239 e. The van der Waals surface area contributed by atoms with Gasteiger partial charge in [-0.3, -0.25) is 4.79 Å². The van der Waals surface area contributed by atoms with Crippen molar-refractivity contribution in [2.75, 3.05) is 0 Å². The van der Waals surface area contributed by atoms with E-state index < -0.39 is 11.2 Å². The molecule has 1 aliphatic carbocycles. The standard InChI is InChI=1S/C11H15N3O3S/c15-9(16)6-8-10(17)12-11(18-8)14-13-7-4-2-1-3-5-7/h8H,1-6H2,(H,15,16)(H,12,14,17)/p-1/t8-/m1/s1. The number of carboxylic acids is 1. The molecule has 6 nitrogen and oxygen atoms in total. The van der Waals surface area contributed by atoms with Gasteiger partial charge in [0.25, 0.3) is 0 Å². The second-order valence-corrected chi connectivity index (χ2v) is 5.50. The lowest BCUT2D eigenvalue weighted by Gasteiger charge is -2.10. The normalized spacial score (nSPS) is 26.2. The Labute approximate surface area is 109 Å². The largest absolute Gasteiger partial charge is 0.550 e. The second-order valence-electron chi connectivity index (χ2n) is 4.30. The molecule has 2 aliphatic rings. The van der Waals surface area contributed by atoms with Gasteiger partial charge < -0.3 is 15.2 Å². The van der Waals surface area contributed by atoms with Crippen LogP contribution in [-0.4, -0.2) is 28.0 Å². The summed E-state index contributed by atoms with van der Waals surface area (Å²) in [5.74, 6) is -1.57. The Kier molecular flexibility index (Phi) is 4.35. The maximum absolute atomic E-state index is 11.4. The first-order valence-electron chi connectivity index (χ1n) is 5.96. The van der Waals surface area contributed by atoms with Crippen LogP contribution >= 0.6 is 11.8 Å². The Morgan fingerprint density at radius 1 is 1.33 bits per heavy atom. The Balaban J connectivity index is 1.94. The molecule has 98 valence electrons. The molecular weight excluding hydrogens is 254 g/mol. The van der Waals surface area contributed by atoms with Crippen molar-refractivity contribution in [1.82, 2.24) is 5.32 Å². The van der Waals surface area contributed by atoms with E-state index in [1.165, 1.54) is 6.42 Å². The monoisotopic (exact) mass is 268 g/mol. The van der Waals surface area contributed by atoms with Crippen LogP contribution in [0.3, 0.4) is 0 Å². The van der Waals surface area contributed by atoms with Gasteiger partial charge in [0.15, 0.2) is 5.17 Å². The maximum Gasteiger partial charge on any atom is 0.239 e. The third-order valence-corrected chi connectivity index (χ3v) is 3.91. The van der Waals surface area contributed by atoms with Crippen LogP contribution in [0.5, 0.6) is 0 Å². The molecule has 1 aliphatic heterocycles. The average molecular weight is 268 g/mol. The van der Waals surface area contributed by atoms with Crippen molar-refractivity contribution in [3.05, 3.63) is 0 Å². The first-order valence-corrected chi connectivity index (χ1v) is 6.84. The number of hydrogen-bond acceptors (Lipinski definition) is 6. The topological polar surface area (TPSA) is 93.9 Å². The predicted octanol–water partition coefficient (Wildman–Crippen LogP) is 0.0341. The molecule has 2 rings (SSSR count). The minimum Gasteiger partial charge on any atom is -0.550 e. The number of nitrogens with one attached hydrogen (secondary N) is 1. The van der Waals surface area contributed by atoms with Gasteiger partial charge in [-0.2, -0.15) is 5.10 Å². The Morgan fingerprint density at radius 3 is 2.72 bits per heavy atom. The van der Waals surface area contributed by atoms with Crippen molar-refractivity contribution < 1.29 is 14.7 Å². The highest BCUT2D eigenvalue weighted by Gasteiger charge is 2.30. The third-order valence-electron chi connectivity index (χ3n) is 2.84. The van der Waals surface area contributed by atoms with E-state index >= 15 is 0 Å². The number of carboxylic acid groups (broad SMARTS) is 1. The number of hydrogen-bond donors (Lipinski definition) is 1. The van der Waals surface area contributed by atoms with Crippen molar-refractivity contribution in [1.29, 1.82) is 0 Å². The van der Waals surface area contributed by atoms with Gasteiger partial charge in [-0.1, -0.05) is 18.2 Å². The fraction of sp³-hybridized carbons (Fsp3) is 0.636. The van der Waals surface area contributed by atoms with Gasteiger partial charge in [0.1, 0.15) is 0 Å². The van der Waals surface area contributed by atoms with E-state index in [0.29, 0.717) is 5.17 Å². The molecule has 1 heterocycles. The molecule has 2 fully saturated rings. The molecule has 18 heavy (non-hydrogen) atoms. The van der Waals surface area contributed by atoms with Gasteiger partial charge in [0, 0.05) is 18.1 Å². The van der Waals surface area contributed by atoms with Gasteiger partial charge in [-0.25, -0.2) is 0 Å². The lowest BCUT2D eigenvalue weighted by molar-refractivity contribution is -0.305. The van der Waals surface area contributed by atoms with Crippen molar-refractivity contribution in [2.45, 2.75) is 43.8 Å². The van der Waals surface area contributed by atoms with Gasteiger partial charge in [-0.05, 0) is 25.7 Å². The Bertz CT molecular complexity index is 412. The van der Waals surface area contributed by atoms with E-state index in [1.807, 2.05) is 0 Å². The van der Waals surface area contributed by atoms with Crippen molar-refractivity contribution in [2.24, 2.45) is 10.2 Å². The van der Waals surface area contributed by atoms with Gasteiger partial charge in [0.2, 0.25) is 5.91 Å². The summed E-state index contributed by atoms with van der Waals surface area (Å²) in [6, 6.07) is 0. The summed E-state index contributed by atoms with van der Waals surface area (Å²) < 4.78 is 0. The number of thioether (sulfide) groups is 1. The zero-order valence-corrected chi connectivity index (χ0v) is 10.7. The van der Waals surface area contributed by atoms with E-state index in [2.05, 4.69) is 15.5 Å². The zero-order chi connectivity index (χ0) is 13.0. The average Bonchev–Trinajstić information content (AvgIpc) is 2.68. The number of amides is 1. The first-order chi connectivity index (χ1) is 8.65. The molecule has 0 unspecified atom stereocenters. The minimum absolute atomic E-state index is 0.300. The van der Waals surface area contributed by atoms with E-state index in [1.54, 1.807) is 0 Å². The summed E-state index contributed by atoms with van der Waals surface area (Å²) >= 11 is 1.10. The van der Waals surface area contributed by atoms with Crippen molar-refractivity contribution in [3.63, 3.8) is 0 Å². The lowest BCUT2D eigenvalue weighted by atomic mass is 9.99. The molecule has 1 atom stereocenters. The summed E-state index contributed by atoms with van der Waals surface area (Å²) in [6.45, 7) is 0. The van der Waals surface area contributed by atoms with Crippen LogP contribution in [0.15, 0.2) is 10.2 Å². The van der Waals surface area contributed by atoms with E-state index in [4.69, 9.17) is 0 Å². The zero-order valence-electron chi connectivity index (χ0n) is 9.85. The van der Waals surface area contributed by atoms with E-state index in [-0.39, 0.29) is 12.3 Å². The van der Waals surface area contributed by atoms with Crippen LogP contribution in [0.4, 0.5) is 0 Å². The second kappa shape index (κ2) is 5.99. The van der Waals surface area contributed by atoms with Crippen molar-refractivity contribution >= 4 is 34.5 Å². The highest BCUT2D eigenvalue weighted by atomic mass is 32.2. The molecule has 0 aromatic heterocycles. The van der Waals surface area contributed by atoms with E-state index in [9.17, 15) is 14.7 Å². The number of amidine groups is 1. The highest BCUT2D eigenvalue weighted by Crippen LogP contribution is 2.22. The quantitative estimate of drug-likeness (QED) is 0.731. The molecule has 1 saturated heterocycles. The third kappa shape index (κ3) is 3.56. The molecule has 1 saturated carbocycles. The lowest BCUT2D eigenvalue weighted by Crippen LogP contribution is -2.31. The van der Waals surface area contributed by atoms with Gasteiger partial charge >= 0.3 is 0 Å². The molecule has 1 amide bonds. The molecule has 0 aromatic rings. The first kappa shape index (κ1) is 13.1. The summed E-state index contributed by atoms with van der Waals surface area (Å²) in [5, 5.41) is 20.8. The highest BCUT2D eigenvalue weighted by molar-refractivity contribution is 8.15. The molecule has 1 N–H and O–H groups in total. The van der Waals surface area contributed by atoms with Crippen LogP contribution in [-0.2, 0) is 9.59 Å². The predicted molar refractivity (Wildman–Crippen MR) is 67.1 cm³/mol. The SMILES string of the molecule is O=C([O-])C[C@H]1S/C(=N\N=C2CCCCC2)NC1=O. The molecule has 0 bridgehead atoms. The van der Waals surface area contributed by atoms with Crippen molar-refractivity contribution in [3.8, 4) is 0 Å². The van der Waals surface area contributed by atoms with Gasteiger partial charge in [0.05, 0.1) is 5.25 Å². The Hall–Kier alpha value is -1.37. The van der Waals surface area contributed by atoms with Crippen LogP contribution in [0.2, 0.25) is 0 Å². The number of nitrogens with zero attached hydrogens (tertiary/aromatic N) is 2. The molecule has 0 spiro atoms. The molecule has 0 aromatic carbocycles. The number of rotatable bonds is 3. The fourth-order valence-corrected chi connectivity index (χ4v) is 2.82. The molecule has 7 heteroatoms. The number of carbonyl (C=O) groups is 2. The Morgan fingerprint density at radius 2 is 2.06 bits per heavy atom.